The number of non-ortho nitro benzene ring substituents is 2. The van der Waals surface area contributed by atoms with Crippen LogP contribution in [0.2, 0.25) is 0 Å². The van der Waals surface area contributed by atoms with E-state index in [1.165, 1.54) is 67.3 Å². The van der Waals surface area contributed by atoms with E-state index in [0.29, 0.717) is 27.0 Å². The number of hydrogen-bond donors (Lipinski definition) is 1. The summed E-state index contributed by atoms with van der Waals surface area (Å²) in [6.45, 7) is -1.30. The Morgan fingerprint density at radius 1 is 0.678 bits per heavy atom. The molecule has 1 amide bonds. The number of likely N-dealkylation sites (tertiary alicyclic amines) is 1. The highest BCUT2D eigenvalue weighted by molar-refractivity contribution is 7.96. The third-order valence-corrected chi connectivity index (χ3v) is 14.3. The van der Waals surface area contributed by atoms with Crippen molar-refractivity contribution in [3.05, 3.63) is 171 Å². The lowest BCUT2D eigenvalue weighted by Gasteiger charge is -2.52. The summed E-state index contributed by atoms with van der Waals surface area (Å²) in [6.07, 6.45) is -2.42. The van der Waals surface area contributed by atoms with Crippen molar-refractivity contribution < 1.29 is 48.3 Å². The van der Waals surface area contributed by atoms with Gasteiger partial charge in [-0.1, -0.05) is 91.0 Å². The van der Waals surface area contributed by atoms with Gasteiger partial charge in [0.15, 0.2) is 0 Å². The predicted octanol–water partition coefficient (Wildman–Crippen LogP) is 5.96. The van der Waals surface area contributed by atoms with Gasteiger partial charge >= 0.3 is 18.1 Å². The number of nitro groups is 2. The Morgan fingerprint density at radius 3 is 1.47 bits per heavy atom. The molecule has 0 aromatic heterocycles. The molecule has 302 valence electrons. The third-order valence-electron chi connectivity index (χ3n) is 10.1. The average molecular weight is 820 g/mol. The smallest absolute Gasteiger partial charge is 0.481 e. The van der Waals surface area contributed by atoms with Gasteiger partial charge in [0, 0.05) is 31.2 Å². The molecule has 1 fully saturated rings. The second-order valence-corrected chi connectivity index (χ2v) is 17.0. The van der Waals surface area contributed by atoms with Crippen molar-refractivity contribution in [3.63, 3.8) is 0 Å². The number of β-lactam (4-membered cyclic amide) rings is 1. The molecule has 5 aromatic carbocycles. The highest BCUT2D eigenvalue weighted by Gasteiger charge is 2.59. The van der Waals surface area contributed by atoms with Crippen LogP contribution in [0.15, 0.2) is 140 Å². The van der Waals surface area contributed by atoms with Crippen LogP contribution in [0.5, 0.6) is 0 Å². The van der Waals surface area contributed by atoms with Crippen LogP contribution < -0.4 is 15.9 Å². The lowest BCUT2D eigenvalue weighted by Crippen LogP contribution is -2.71. The lowest BCUT2D eigenvalue weighted by molar-refractivity contribution is -0.385. The summed E-state index contributed by atoms with van der Waals surface area (Å²) in [4.78, 5) is 78.1. The van der Waals surface area contributed by atoms with Crippen LogP contribution in [0.3, 0.4) is 0 Å². The summed E-state index contributed by atoms with van der Waals surface area (Å²) < 4.78 is 16.8. The van der Waals surface area contributed by atoms with E-state index in [-0.39, 0.29) is 30.0 Å². The van der Waals surface area contributed by atoms with Crippen LogP contribution in [0, 0.1) is 32.1 Å². The van der Waals surface area contributed by atoms with E-state index in [0.717, 1.165) is 0 Å². The van der Waals surface area contributed by atoms with Gasteiger partial charge < -0.3 is 19.3 Å². The largest absolute Gasteiger partial charge is 0.508 e. The van der Waals surface area contributed by atoms with Gasteiger partial charge in [0.1, 0.15) is 24.7 Å². The highest BCUT2D eigenvalue weighted by atomic mass is 31.2. The van der Waals surface area contributed by atoms with E-state index in [2.05, 4.69) is 0 Å². The molecular formula is C43H38N3O12P. The zero-order chi connectivity index (χ0) is 42.3. The summed E-state index contributed by atoms with van der Waals surface area (Å²) in [5.74, 6) is -5.48. The van der Waals surface area contributed by atoms with Crippen molar-refractivity contribution in [2.75, 3.05) is 0 Å². The number of benzene rings is 5. The fourth-order valence-corrected chi connectivity index (χ4v) is 11.5. The lowest BCUT2D eigenvalue weighted by atomic mass is 9.76. The molecule has 0 radical (unpaired) electrons. The number of amides is 1. The SMILES string of the molecule is C[C@H](OC(=O)OCc1ccc([N+](=O)[O-])cc1)[C@@H]1C(=O)N(C(C(=O)OCc2ccc([N+](=O)[O-])cc2)=P(c2ccccc2)(c2ccccc2)c2ccccc2)[C@H]1[C@H](C)C(=O)O. The second kappa shape index (κ2) is 18.0. The number of carbonyl (C=O) groups excluding carboxylic acids is 3. The number of aliphatic carboxylic acids is 1. The minimum Gasteiger partial charge on any atom is -0.481 e. The zero-order valence-corrected chi connectivity index (χ0v) is 32.6. The monoisotopic (exact) mass is 819 g/mol. The fraction of sp³-hybridized carbons (Fsp3) is 0.186. The third kappa shape index (κ3) is 8.60. The second-order valence-electron chi connectivity index (χ2n) is 13.6. The van der Waals surface area contributed by atoms with Gasteiger partial charge in [0.05, 0.1) is 27.7 Å². The number of carbonyl (C=O) groups is 4. The zero-order valence-electron chi connectivity index (χ0n) is 31.7. The van der Waals surface area contributed by atoms with Gasteiger partial charge in [-0.3, -0.25) is 34.7 Å². The topological polar surface area (TPSA) is 206 Å². The molecule has 4 atom stereocenters. The molecule has 0 unspecified atom stereocenters. The summed E-state index contributed by atoms with van der Waals surface area (Å²) in [7, 11) is 0. The van der Waals surface area contributed by atoms with Crippen LogP contribution >= 0.6 is 6.89 Å². The summed E-state index contributed by atoms with van der Waals surface area (Å²) in [5, 5.41) is 34.8. The van der Waals surface area contributed by atoms with Gasteiger partial charge in [0.2, 0.25) is 5.91 Å². The van der Waals surface area contributed by atoms with Gasteiger partial charge in [-0.15, -0.1) is 0 Å². The molecule has 15 nitrogen and oxygen atoms in total. The highest BCUT2D eigenvalue weighted by Crippen LogP contribution is 2.50. The maximum absolute atomic E-state index is 15.1. The number of carboxylic acid groups (broad SMARTS) is 1. The van der Waals surface area contributed by atoms with Crippen LogP contribution in [0.1, 0.15) is 25.0 Å². The minimum absolute atomic E-state index is 0.115. The molecule has 0 aliphatic carbocycles. The minimum atomic E-state index is -3.48. The van der Waals surface area contributed by atoms with Crippen molar-refractivity contribution in [1.29, 1.82) is 0 Å². The van der Waals surface area contributed by atoms with E-state index in [1.54, 1.807) is 54.6 Å². The Labute approximate surface area is 338 Å². The Morgan fingerprint density at radius 2 is 1.08 bits per heavy atom. The number of carboxylic acids is 1. The molecule has 1 saturated heterocycles. The van der Waals surface area contributed by atoms with E-state index < -0.39 is 64.7 Å². The molecule has 0 bridgehead atoms. The van der Waals surface area contributed by atoms with Crippen molar-refractivity contribution >= 4 is 63.6 Å². The molecule has 6 rings (SSSR count). The van der Waals surface area contributed by atoms with Crippen LogP contribution in [0.25, 0.3) is 0 Å². The number of rotatable bonds is 15. The molecule has 5 aromatic rings. The summed E-state index contributed by atoms with van der Waals surface area (Å²) >= 11 is 0. The standard InChI is InChI=1S/C43H38N3O12P/c1-28(41(48)49)38-37(29(2)58-43(51)57-27-31-20-24-33(25-21-31)46(54)55)39(47)44(38)40(42(50)56-26-30-18-22-32(23-19-30)45(52)53)59(34-12-6-3-7-13-34,35-14-8-4-9-15-35)36-16-10-5-11-17-36/h3-25,28-29,37-38H,26-27H2,1-2H3,(H,48,49)/t28-,29-,37-,38-/m0/s1. The van der Waals surface area contributed by atoms with E-state index in [1.807, 2.05) is 36.4 Å². The van der Waals surface area contributed by atoms with E-state index in [9.17, 15) is 39.7 Å². The Kier molecular flexibility index (Phi) is 12.7. The van der Waals surface area contributed by atoms with Crippen molar-refractivity contribution in [2.45, 2.75) is 39.2 Å². The first-order chi connectivity index (χ1) is 28.3. The predicted molar refractivity (Wildman–Crippen MR) is 218 cm³/mol. The maximum Gasteiger partial charge on any atom is 0.508 e. The Balaban J connectivity index is 1.47. The van der Waals surface area contributed by atoms with Crippen molar-refractivity contribution in [2.24, 2.45) is 11.8 Å². The van der Waals surface area contributed by atoms with E-state index in [4.69, 9.17) is 14.2 Å². The number of esters is 1. The molecule has 1 heterocycles. The first-order valence-corrected chi connectivity index (χ1v) is 20.1. The molecular weight excluding hydrogens is 781 g/mol. The maximum atomic E-state index is 15.1. The van der Waals surface area contributed by atoms with Gasteiger partial charge in [-0.2, -0.15) is 0 Å². The van der Waals surface area contributed by atoms with Gasteiger partial charge in [-0.05, 0) is 65.2 Å². The van der Waals surface area contributed by atoms with Crippen molar-refractivity contribution in [3.8, 4) is 0 Å². The first kappa shape index (κ1) is 41.5. The summed E-state index contributed by atoms with van der Waals surface area (Å²) in [5.41, 5.74) is 0.419. The fourth-order valence-electron chi connectivity index (χ4n) is 7.15. The molecule has 0 saturated carbocycles. The van der Waals surface area contributed by atoms with Crippen LogP contribution in [-0.4, -0.2) is 61.4 Å². The number of nitro benzene ring substituents is 2. The van der Waals surface area contributed by atoms with Crippen LogP contribution in [-0.2, 0) is 41.8 Å². The number of nitrogens with zero attached hydrogens (tertiary/aromatic N) is 3. The van der Waals surface area contributed by atoms with E-state index >= 15 is 4.79 Å². The number of hydrogen-bond acceptors (Lipinski definition) is 11. The number of ether oxygens (including phenoxy) is 3. The normalized spacial score (nSPS) is 15.8. The Bertz CT molecular complexity index is 2310. The molecule has 1 aliphatic rings. The molecule has 1 N–H and O–H groups in total. The molecule has 1 aliphatic heterocycles. The molecule has 59 heavy (non-hydrogen) atoms. The molecule has 0 spiro atoms. The van der Waals surface area contributed by atoms with Crippen molar-refractivity contribution in [1.82, 2.24) is 4.90 Å². The molecule has 16 heteroatoms. The quantitative estimate of drug-likeness (QED) is 0.0427. The van der Waals surface area contributed by atoms with Gasteiger partial charge in [-0.25, -0.2) is 9.59 Å². The Hall–Kier alpha value is -7.12. The van der Waals surface area contributed by atoms with Gasteiger partial charge in [0.25, 0.3) is 11.4 Å². The summed E-state index contributed by atoms with van der Waals surface area (Å²) in [6, 6.07) is 36.7. The van der Waals surface area contributed by atoms with Crippen LogP contribution in [0.4, 0.5) is 16.2 Å². The first-order valence-electron chi connectivity index (χ1n) is 18.3. The average Bonchev–Trinajstić information content (AvgIpc) is 3.24.